The quantitative estimate of drug-likeness (QED) is 0.506. The van der Waals surface area contributed by atoms with Crippen LogP contribution in [-0.2, 0) is 24.3 Å². The molecule has 3 saturated heterocycles. The Labute approximate surface area is 178 Å². The van der Waals surface area contributed by atoms with Crippen molar-refractivity contribution in [3.63, 3.8) is 0 Å². The van der Waals surface area contributed by atoms with E-state index in [0.29, 0.717) is 18.7 Å². The lowest BCUT2D eigenvalue weighted by Crippen LogP contribution is -2.51. The fourth-order valence-electron chi connectivity index (χ4n) is 3.71. The summed E-state index contributed by atoms with van der Waals surface area (Å²) in [4.78, 5) is 36.6. The molecular formula is C16H26N4O6S3. The van der Waals surface area contributed by atoms with Gasteiger partial charge in [-0.05, 0) is 31.9 Å². The first kappa shape index (κ1) is 22.7. The van der Waals surface area contributed by atoms with Crippen molar-refractivity contribution in [1.29, 1.82) is 0 Å². The monoisotopic (exact) mass is 466 g/mol. The molecule has 0 aromatic rings. The Balaban J connectivity index is 1.58. The second kappa shape index (κ2) is 9.41. The summed E-state index contributed by atoms with van der Waals surface area (Å²) in [6.45, 7) is 2.26. The Morgan fingerprint density at radius 1 is 1.24 bits per heavy atom. The number of carbonyl (C=O) groups excluding carboxylic acids is 3. The second-order valence-corrected chi connectivity index (χ2v) is 11.5. The molecule has 0 aliphatic carbocycles. The van der Waals surface area contributed by atoms with Gasteiger partial charge < -0.3 is 10.1 Å². The number of thioether (sulfide) groups is 2. The van der Waals surface area contributed by atoms with Gasteiger partial charge in [0.25, 0.3) is 0 Å². The number of imide groups is 1. The zero-order valence-corrected chi connectivity index (χ0v) is 18.7. The smallest absolute Gasteiger partial charge is 0.413 e. The third kappa shape index (κ3) is 5.37. The first-order chi connectivity index (χ1) is 13.7. The number of rotatable bonds is 5. The molecule has 3 fully saturated rings. The van der Waals surface area contributed by atoms with Gasteiger partial charge in [0, 0.05) is 12.6 Å². The maximum atomic E-state index is 12.8. The number of alkyl carbamates (subject to hydrolysis) is 1. The molecule has 0 saturated carbocycles. The predicted octanol–water partition coefficient (Wildman–Crippen LogP) is -0.133. The Hall–Kier alpha value is -1.02. The number of nitrogens with one attached hydrogen (secondary N) is 3. The fourth-order valence-corrected chi connectivity index (χ4v) is 8.02. The molecule has 29 heavy (non-hydrogen) atoms. The van der Waals surface area contributed by atoms with E-state index < -0.39 is 38.7 Å². The molecule has 3 rings (SSSR count). The largest absolute Gasteiger partial charge is 0.450 e. The minimum atomic E-state index is -3.35. The molecule has 5 unspecified atom stereocenters. The Morgan fingerprint density at radius 2 is 2.00 bits per heavy atom. The van der Waals surface area contributed by atoms with Gasteiger partial charge in [-0.1, -0.05) is 0 Å². The van der Waals surface area contributed by atoms with Crippen LogP contribution in [0.1, 0.15) is 26.2 Å². The summed E-state index contributed by atoms with van der Waals surface area (Å²) in [5.74, 6) is -0.604. The van der Waals surface area contributed by atoms with Crippen LogP contribution in [0.2, 0.25) is 0 Å². The Morgan fingerprint density at radius 3 is 2.69 bits per heavy atom. The molecule has 3 N–H and O–H groups in total. The van der Waals surface area contributed by atoms with Crippen molar-refractivity contribution >= 4 is 51.5 Å². The SMILES string of the molecule is CCOC(=O)NC(=O)C1CCSC1NC(=O)C1NC2CCCN(S(C)(=O)=O)C2S1. The van der Waals surface area contributed by atoms with E-state index in [2.05, 4.69) is 16.0 Å². The maximum absolute atomic E-state index is 12.8. The van der Waals surface area contributed by atoms with E-state index >= 15 is 0 Å². The highest BCUT2D eigenvalue weighted by Gasteiger charge is 2.46. The summed E-state index contributed by atoms with van der Waals surface area (Å²) in [6.07, 6.45) is 2.48. The first-order valence-electron chi connectivity index (χ1n) is 9.48. The van der Waals surface area contributed by atoms with E-state index in [4.69, 9.17) is 4.74 Å². The van der Waals surface area contributed by atoms with Crippen LogP contribution in [0, 0.1) is 5.92 Å². The molecule has 0 spiro atoms. The van der Waals surface area contributed by atoms with Crippen LogP contribution in [-0.4, -0.2) is 78.0 Å². The van der Waals surface area contributed by atoms with Crippen molar-refractivity contribution in [3.8, 4) is 0 Å². The minimum Gasteiger partial charge on any atom is -0.450 e. The van der Waals surface area contributed by atoms with Crippen LogP contribution < -0.4 is 16.0 Å². The summed E-state index contributed by atoms with van der Waals surface area (Å²) < 4.78 is 30.3. The molecule has 5 atom stereocenters. The number of carbonyl (C=O) groups is 3. The molecule has 3 aliphatic rings. The molecule has 0 aromatic heterocycles. The van der Waals surface area contributed by atoms with Crippen LogP contribution in [0.4, 0.5) is 4.79 Å². The van der Waals surface area contributed by atoms with Crippen molar-refractivity contribution in [2.75, 3.05) is 25.2 Å². The molecule has 3 amide bonds. The number of ether oxygens (including phenoxy) is 1. The lowest BCUT2D eigenvalue weighted by Gasteiger charge is -2.34. The van der Waals surface area contributed by atoms with Crippen molar-refractivity contribution in [2.24, 2.45) is 5.92 Å². The van der Waals surface area contributed by atoms with Gasteiger partial charge in [0.05, 0.1) is 29.5 Å². The molecule has 3 heterocycles. The summed E-state index contributed by atoms with van der Waals surface area (Å²) in [6, 6.07) is -0.0848. The highest BCUT2D eigenvalue weighted by atomic mass is 32.2. The number of sulfonamides is 1. The van der Waals surface area contributed by atoms with E-state index in [-0.39, 0.29) is 23.9 Å². The Bertz CT molecular complexity index is 764. The van der Waals surface area contributed by atoms with Crippen LogP contribution in [0.3, 0.4) is 0 Å². The first-order valence-corrected chi connectivity index (χ1v) is 13.3. The topological polar surface area (TPSA) is 134 Å². The third-order valence-electron chi connectivity index (χ3n) is 5.04. The van der Waals surface area contributed by atoms with Gasteiger partial charge in [0.1, 0.15) is 5.37 Å². The summed E-state index contributed by atoms with van der Waals surface area (Å²) in [5, 5.41) is 6.94. The lowest BCUT2D eigenvalue weighted by molar-refractivity contribution is -0.125. The van der Waals surface area contributed by atoms with Crippen LogP contribution >= 0.6 is 23.5 Å². The highest BCUT2D eigenvalue weighted by molar-refractivity contribution is 8.02. The lowest BCUT2D eigenvalue weighted by atomic mass is 10.1. The van der Waals surface area contributed by atoms with Crippen LogP contribution in [0.25, 0.3) is 0 Å². The minimum absolute atomic E-state index is 0.0848. The standard InChI is InChI=1S/C16H26N4O6S3/c1-3-26-16(23)19-11(21)9-6-8-27-13(9)18-12(22)14-17-10-5-4-7-20(15(10)28-14)29(2,24)25/h9-10,13-15,17H,3-8H2,1-2H3,(H,18,22)(H,19,21,23). The average molecular weight is 467 g/mol. The molecule has 3 aliphatic heterocycles. The number of piperidine rings is 1. The van der Waals surface area contributed by atoms with E-state index in [1.807, 2.05) is 0 Å². The van der Waals surface area contributed by atoms with Gasteiger partial charge in [-0.25, -0.2) is 13.2 Å². The molecule has 10 nitrogen and oxygen atoms in total. The number of fused-ring (bicyclic) bond motifs is 1. The van der Waals surface area contributed by atoms with Gasteiger partial charge in [0.15, 0.2) is 0 Å². The predicted molar refractivity (Wildman–Crippen MR) is 111 cm³/mol. The highest BCUT2D eigenvalue weighted by Crippen LogP contribution is 2.37. The third-order valence-corrected chi connectivity index (χ3v) is 9.20. The van der Waals surface area contributed by atoms with Crippen molar-refractivity contribution in [3.05, 3.63) is 0 Å². The van der Waals surface area contributed by atoms with E-state index in [0.717, 1.165) is 12.8 Å². The Kier molecular flexibility index (Phi) is 7.36. The van der Waals surface area contributed by atoms with Gasteiger partial charge >= 0.3 is 6.09 Å². The van der Waals surface area contributed by atoms with E-state index in [1.54, 1.807) is 6.92 Å². The molecule has 164 valence electrons. The number of nitrogens with zero attached hydrogens (tertiary/aromatic N) is 1. The summed E-state index contributed by atoms with van der Waals surface area (Å²) >= 11 is 2.74. The van der Waals surface area contributed by atoms with Crippen LogP contribution in [0.5, 0.6) is 0 Å². The number of hydrogen-bond acceptors (Lipinski definition) is 9. The van der Waals surface area contributed by atoms with E-state index in [1.165, 1.54) is 34.1 Å². The van der Waals surface area contributed by atoms with Gasteiger partial charge in [-0.3, -0.25) is 20.2 Å². The molecular weight excluding hydrogens is 440 g/mol. The van der Waals surface area contributed by atoms with Gasteiger partial charge in [-0.15, -0.1) is 23.5 Å². The van der Waals surface area contributed by atoms with Crippen molar-refractivity contribution < 1.29 is 27.5 Å². The molecule has 0 aromatic carbocycles. The molecule has 0 bridgehead atoms. The van der Waals surface area contributed by atoms with Crippen molar-refractivity contribution in [1.82, 2.24) is 20.3 Å². The fraction of sp³-hybridized carbons (Fsp3) is 0.812. The average Bonchev–Trinajstić information content (AvgIpc) is 3.27. The summed E-state index contributed by atoms with van der Waals surface area (Å²) in [7, 11) is -3.35. The van der Waals surface area contributed by atoms with Gasteiger partial charge in [0.2, 0.25) is 21.8 Å². The number of hydrogen-bond donors (Lipinski definition) is 3. The summed E-state index contributed by atoms with van der Waals surface area (Å²) in [5.41, 5.74) is 0. The zero-order chi connectivity index (χ0) is 21.2. The van der Waals surface area contributed by atoms with E-state index in [9.17, 15) is 22.8 Å². The number of amides is 3. The second-order valence-electron chi connectivity index (χ2n) is 7.10. The zero-order valence-electron chi connectivity index (χ0n) is 16.3. The normalized spacial score (nSPS) is 32.4. The maximum Gasteiger partial charge on any atom is 0.413 e. The van der Waals surface area contributed by atoms with Gasteiger partial charge in [-0.2, -0.15) is 4.31 Å². The molecule has 13 heteroatoms. The van der Waals surface area contributed by atoms with Crippen molar-refractivity contribution in [2.45, 2.75) is 48.3 Å². The molecule has 0 radical (unpaired) electrons. The van der Waals surface area contributed by atoms with Crippen LogP contribution in [0.15, 0.2) is 0 Å².